The molecule has 1 aromatic carbocycles. The zero-order chi connectivity index (χ0) is 18.4. The highest BCUT2D eigenvalue weighted by Crippen LogP contribution is 2.21. The summed E-state index contributed by atoms with van der Waals surface area (Å²) in [6.45, 7) is 5.22. The second-order valence-corrected chi connectivity index (χ2v) is 6.50. The van der Waals surface area contributed by atoms with Crippen LogP contribution in [0.3, 0.4) is 0 Å². The van der Waals surface area contributed by atoms with Crippen molar-refractivity contribution in [1.82, 2.24) is 4.90 Å². The summed E-state index contributed by atoms with van der Waals surface area (Å²) in [5.74, 6) is -0.0562. The minimum atomic E-state index is -0.704. The first-order valence-corrected chi connectivity index (χ1v) is 8.23. The van der Waals surface area contributed by atoms with Gasteiger partial charge in [-0.2, -0.15) is 0 Å². The lowest BCUT2D eigenvalue weighted by Gasteiger charge is -2.34. The number of ether oxygens (including phenoxy) is 1. The van der Waals surface area contributed by atoms with E-state index >= 15 is 0 Å². The van der Waals surface area contributed by atoms with Gasteiger partial charge in [0.1, 0.15) is 0 Å². The number of esters is 1. The summed E-state index contributed by atoms with van der Waals surface area (Å²) in [5.41, 5.74) is 0.202. The van der Waals surface area contributed by atoms with Crippen LogP contribution in [0.5, 0.6) is 0 Å². The Kier molecular flexibility index (Phi) is 6.27. The molecule has 0 spiro atoms. The van der Waals surface area contributed by atoms with Gasteiger partial charge in [0.25, 0.3) is 11.6 Å². The molecule has 1 aliphatic rings. The van der Waals surface area contributed by atoms with Crippen LogP contribution in [-0.2, 0) is 14.3 Å². The third kappa shape index (κ3) is 5.41. The average molecular weight is 346 g/mol. The number of carbonyl (C=O) groups excluding carboxylic acids is 2. The van der Waals surface area contributed by atoms with Crippen molar-refractivity contribution in [3.8, 4) is 0 Å². The number of benzene rings is 1. The highest BCUT2D eigenvalue weighted by Gasteiger charge is 2.25. The van der Waals surface area contributed by atoms with Crippen LogP contribution < -0.4 is 0 Å². The zero-order valence-electron chi connectivity index (χ0n) is 14.4. The Morgan fingerprint density at radius 1 is 1.28 bits per heavy atom. The maximum absolute atomic E-state index is 12.1. The van der Waals surface area contributed by atoms with E-state index in [9.17, 15) is 19.7 Å². The minimum Gasteiger partial charge on any atom is -0.452 e. The fourth-order valence-electron chi connectivity index (χ4n) is 3.09. The third-order valence-electron chi connectivity index (χ3n) is 4.09. The van der Waals surface area contributed by atoms with E-state index in [0.29, 0.717) is 30.5 Å². The Morgan fingerprint density at radius 3 is 2.56 bits per heavy atom. The fraction of sp³-hybridized carbons (Fsp3) is 0.444. The van der Waals surface area contributed by atoms with Crippen molar-refractivity contribution >= 4 is 23.6 Å². The van der Waals surface area contributed by atoms with Crippen LogP contribution in [0.1, 0.15) is 25.8 Å². The molecule has 0 unspecified atom stereocenters. The molecule has 1 aliphatic heterocycles. The zero-order valence-corrected chi connectivity index (χ0v) is 14.4. The Balaban J connectivity index is 1.88. The molecule has 2 atom stereocenters. The maximum atomic E-state index is 12.1. The molecule has 7 heteroatoms. The molecule has 1 saturated heterocycles. The van der Waals surface area contributed by atoms with E-state index in [1.54, 1.807) is 17.0 Å². The van der Waals surface area contributed by atoms with E-state index in [-0.39, 0.29) is 18.2 Å². The van der Waals surface area contributed by atoms with Crippen LogP contribution in [0.25, 0.3) is 6.08 Å². The van der Waals surface area contributed by atoms with Crippen molar-refractivity contribution in [2.75, 3.05) is 19.7 Å². The Labute approximate surface area is 146 Å². The number of nitro groups is 1. The summed E-state index contributed by atoms with van der Waals surface area (Å²) in [6, 6.07) is 6.07. The molecule has 0 aliphatic carbocycles. The molecule has 134 valence electrons. The van der Waals surface area contributed by atoms with Gasteiger partial charge in [-0.05, 0) is 30.4 Å². The molecule has 1 fully saturated rings. The summed E-state index contributed by atoms with van der Waals surface area (Å²) < 4.78 is 4.96. The summed E-state index contributed by atoms with van der Waals surface area (Å²) in [6.07, 6.45) is 3.50. The number of hydrogen-bond acceptors (Lipinski definition) is 5. The predicted molar refractivity (Wildman–Crippen MR) is 92.6 cm³/mol. The van der Waals surface area contributed by atoms with E-state index in [4.69, 9.17) is 4.74 Å². The number of likely N-dealkylation sites (tertiary alicyclic amines) is 1. The second-order valence-electron chi connectivity index (χ2n) is 6.50. The first-order chi connectivity index (χ1) is 11.9. The number of amides is 1. The predicted octanol–water partition coefficient (Wildman–Crippen LogP) is 2.66. The van der Waals surface area contributed by atoms with Gasteiger partial charge in [0, 0.05) is 25.2 Å². The van der Waals surface area contributed by atoms with Gasteiger partial charge >= 0.3 is 5.97 Å². The molecule has 1 heterocycles. The van der Waals surface area contributed by atoms with E-state index < -0.39 is 10.9 Å². The Morgan fingerprint density at radius 2 is 1.92 bits per heavy atom. The minimum absolute atomic E-state index is 0.0982. The van der Waals surface area contributed by atoms with Crippen LogP contribution in [0.4, 0.5) is 5.69 Å². The molecule has 0 radical (unpaired) electrons. The summed E-state index contributed by atoms with van der Waals surface area (Å²) in [7, 11) is 0. The van der Waals surface area contributed by atoms with Gasteiger partial charge < -0.3 is 9.64 Å². The molecule has 1 amide bonds. The van der Waals surface area contributed by atoms with Crippen molar-refractivity contribution in [3.05, 3.63) is 46.0 Å². The van der Waals surface area contributed by atoms with E-state index in [0.717, 1.165) is 12.5 Å². The lowest BCUT2D eigenvalue weighted by Crippen LogP contribution is -2.44. The highest BCUT2D eigenvalue weighted by atomic mass is 16.6. The van der Waals surface area contributed by atoms with E-state index in [1.165, 1.54) is 18.2 Å². The van der Waals surface area contributed by atoms with Crippen LogP contribution >= 0.6 is 0 Å². The van der Waals surface area contributed by atoms with Crippen molar-refractivity contribution in [2.45, 2.75) is 20.3 Å². The average Bonchev–Trinajstić information content (AvgIpc) is 2.57. The van der Waals surface area contributed by atoms with Crippen LogP contribution in [0.2, 0.25) is 0 Å². The summed E-state index contributed by atoms with van der Waals surface area (Å²) in [5, 5.41) is 10.9. The molecule has 0 bridgehead atoms. The van der Waals surface area contributed by atoms with E-state index in [2.05, 4.69) is 13.8 Å². The number of para-hydroxylation sites is 1. The lowest BCUT2D eigenvalue weighted by atomic mass is 9.92. The third-order valence-corrected chi connectivity index (χ3v) is 4.09. The number of piperidine rings is 1. The van der Waals surface area contributed by atoms with Gasteiger partial charge in [-0.15, -0.1) is 0 Å². The maximum Gasteiger partial charge on any atom is 0.331 e. The molecule has 25 heavy (non-hydrogen) atoms. The van der Waals surface area contributed by atoms with Gasteiger partial charge in [0.05, 0.1) is 10.5 Å². The quantitative estimate of drug-likeness (QED) is 0.354. The van der Waals surface area contributed by atoms with Crippen molar-refractivity contribution in [2.24, 2.45) is 11.8 Å². The monoisotopic (exact) mass is 346 g/mol. The SMILES string of the molecule is C[C@H]1C[C@H](C)CN(C(=O)COC(=O)/C=C/c2ccccc2[N+](=O)[O-])C1. The largest absolute Gasteiger partial charge is 0.452 e. The Bertz CT molecular complexity index is 676. The molecule has 2 rings (SSSR count). The number of nitro benzene ring substituents is 1. The van der Waals surface area contributed by atoms with Gasteiger partial charge in [-0.3, -0.25) is 14.9 Å². The molecule has 0 aromatic heterocycles. The standard InChI is InChI=1S/C18H22N2O5/c1-13-9-14(2)11-19(10-13)17(21)12-25-18(22)8-7-15-5-3-4-6-16(15)20(23)24/h3-8,13-14H,9-12H2,1-2H3/b8-7+/t13-,14-/m0/s1. The van der Waals surface area contributed by atoms with Crippen LogP contribution in [0.15, 0.2) is 30.3 Å². The number of nitrogens with zero attached hydrogens (tertiary/aromatic N) is 2. The van der Waals surface area contributed by atoms with Gasteiger partial charge in [-0.1, -0.05) is 26.0 Å². The first-order valence-electron chi connectivity index (χ1n) is 8.23. The Hall–Kier alpha value is -2.70. The smallest absolute Gasteiger partial charge is 0.331 e. The second kappa shape index (κ2) is 8.41. The summed E-state index contributed by atoms with van der Waals surface area (Å²) >= 11 is 0. The molecular weight excluding hydrogens is 324 g/mol. The van der Waals surface area contributed by atoms with Crippen molar-refractivity contribution < 1.29 is 19.2 Å². The molecular formula is C18H22N2O5. The number of hydrogen-bond donors (Lipinski definition) is 0. The van der Waals surface area contributed by atoms with Gasteiger partial charge in [-0.25, -0.2) is 4.79 Å². The van der Waals surface area contributed by atoms with E-state index in [1.807, 2.05) is 0 Å². The highest BCUT2D eigenvalue weighted by molar-refractivity contribution is 5.90. The number of rotatable bonds is 5. The normalized spacial score (nSPS) is 20.5. The van der Waals surface area contributed by atoms with Crippen molar-refractivity contribution in [3.63, 3.8) is 0 Å². The van der Waals surface area contributed by atoms with Crippen molar-refractivity contribution in [1.29, 1.82) is 0 Å². The molecule has 1 aromatic rings. The topological polar surface area (TPSA) is 89.8 Å². The number of carbonyl (C=O) groups is 2. The fourth-order valence-corrected chi connectivity index (χ4v) is 3.09. The molecule has 0 N–H and O–H groups in total. The molecule has 0 saturated carbocycles. The van der Waals surface area contributed by atoms with Crippen LogP contribution in [0, 0.1) is 22.0 Å². The lowest BCUT2D eigenvalue weighted by molar-refractivity contribution is -0.385. The van der Waals surface area contributed by atoms with Crippen LogP contribution in [-0.4, -0.2) is 41.4 Å². The van der Waals surface area contributed by atoms with Gasteiger partial charge in [0.2, 0.25) is 0 Å². The van der Waals surface area contributed by atoms with Gasteiger partial charge in [0.15, 0.2) is 6.61 Å². The summed E-state index contributed by atoms with van der Waals surface area (Å²) in [4.78, 5) is 36.0. The first kappa shape index (κ1) is 18.6. The molecule has 7 nitrogen and oxygen atoms in total.